The summed E-state index contributed by atoms with van der Waals surface area (Å²) < 4.78 is 32.0. The smallest absolute Gasteiger partial charge is 0.262 e. The Morgan fingerprint density at radius 1 is 1.11 bits per heavy atom. The number of sulfonamides is 1. The van der Waals surface area contributed by atoms with Crippen LogP contribution in [0, 0.1) is 0 Å². The first-order valence-electron chi connectivity index (χ1n) is 8.58. The van der Waals surface area contributed by atoms with Gasteiger partial charge in [-0.05, 0) is 43.2 Å². The molecule has 0 radical (unpaired) electrons. The lowest BCUT2D eigenvalue weighted by Gasteiger charge is -2.16. The number of benzene rings is 2. The van der Waals surface area contributed by atoms with Crippen molar-refractivity contribution < 1.29 is 22.7 Å². The monoisotopic (exact) mass is 388 g/mol. The van der Waals surface area contributed by atoms with Crippen molar-refractivity contribution in [1.29, 1.82) is 0 Å². The van der Waals surface area contributed by atoms with Gasteiger partial charge in [-0.1, -0.05) is 18.2 Å². The molecule has 1 amide bonds. The van der Waals surface area contributed by atoms with Crippen molar-refractivity contribution in [1.82, 2.24) is 4.31 Å². The van der Waals surface area contributed by atoms with Gasteiger partial charge in [0.25, 0.3) is 5.91 Å². The molecule has 0 aromatic heterocycles. The predicted octanol–water partition coefficient (Wildman–Crippen LogP) is 2.30. The van der Waals surface area contributed by atoms with E-state index < -0.39 is 15.9 Å². The summed E-state index contributed by atoms with van der Waals surface area (Å²) in [5.41, 5.74) is 0.719. The highest BCUT2D eigenvalue weighted by Gasteiger charge is 2.27. The van der Waals surface area contributed by atoms with Gasteiger partial charge in [0.05, 0.1) is 10.5 Å². The summed E-state index contributed by atoms with van der Waals surface area (Å²) in [7, 11) is -3.55. The third-order valence-corrected chi connectivity index (χ3v) is 6.12. The van der Waals surface area contributed by atoms with Crippen LogP contribution in [-0.2, 0) is 14.8 Å². The van der Waals surface area contributed by atoms with Crippen molar-refractivity contribution >= 4 is 27.9 Å². The van der Waals surface area contributed by atoms with Crippen LogP contribution in [0.15, 0.2) is 53.4 Å². The highest BCUT2D eigenvalue weighted by molar-refractivity contribution is 7.89. The SMILES string of the molecule is O=Cc1ccccc1OCC(=O)Nc1cccc(S(=O)(=O)N2CCCC2)c1. The fourth-order valence-corrected chi connectivity index (χ4v) is 4.43. The summed E-state index contributed by atoms with van der Waals surface area (Å²) in [6.45, 7) is 0.736. The van der Waals surface area contributed by atoms with Gasteiger partial charge in [-0.3, -0.25) is 9.59 Å². The molecule has 1 aliphatic rings. The number of amides is 1. The van der Waals surface area contributed by atoms with E-state index in [-0.39, 0.29) is 11.5 Å². The van der Waals surface area contributed by atoms with E-state index >= 15 is 0 Å². The maximum absolute atomic E-state index is 12.6. The van der Waals surface area contributed by atoms with E-state index in [1.54, 1.807) is 36.4 Å². The van der Waals surface area contributed by atoms with Crippen LogP contribution in [0.1, 0.15) is 23.2 Å². The van der Waals surface area contributed by atoms with E-state index in [0.717, 1.165) is 12.8 Å². The lowest BCUT2D eigenvalue weighted by Crippen LogP contribution is -2.28. The second kappa shape index (κ2) is 8.32. The van der Waals surface area contributed by atoms with Crippen molar-refractivity contribution in [2.75, 3.05) is 25.0 Å². The number of ether oxygens (including phenoxy) is 1. The molecular weight excluding hydrogens is 368 g/mol. The molecule has 2 aromatic carbocycles. The van der Waals surface area contributed by atoms with Crippen molar-refractivity contribution in [2.45, 2.75) is 17.7 Å². The van der Waals surface area contributed by atoms with E-state index in [1.807, 2.05) is 0 Å². The lowest BCUT2D eigenvalue weighted by molar-refractivity contribution is -0.118. The Labute approximate surface area is 158 Å². The summed E-state index contributed by atoms with van der Waals surface area (Å²) in [6.07, 6.45) is 2.37. The van der Waals surface area contributed by atoms with Crippen LogP contribution in [-0.4, -0.2) is 44.6 Å². The molecule has 1 aliphatic heterocycles. The first kappa shape index (κ1) is 19.1. The second-order valence-corrected chi connectivity index (χ2v) is 8.07. The molecule has 1 heterocycles. The molecular formula is C19H20N2O5S. The van der Waals surface area contributed by atoms with Crippen LogP contribution in [0.4, 0.5) is 5.69 Å². The van der Waals surface area contributed by atoms with Gasteiger partial charge < -0.3 is 10.1 Å². The lowest BCUT2D eigenvalue weighted by atomic mass is 10.2. The molecule has 0 unspecified atom stereocenters. The van der Waals surface area contributed by atoms with Gasteiger partial charge in [-0.25, -0.2) is 8.42 Å². The van der Waals surface area contributed by atoms with Crippen molar-refractivity contribution in [3.8, 4) is 5.75 Å². The molecule has 0 bridgehead atoms. The molecule has 1 N–H and O–H groups in total. The zero-order valence-corrected chi connectivity index (χ0v) is 15.4. The summed E-state index contributed by atoms with van der Waals surface area (Å²) in [5, 5.41) is 2.62. The van der Waals surface area contributed by atoms with Gasteiger partial charge in [0.2, 0.25) is 10.0 Å². The third-order valence-electron chi connectivity index (χ3n) is 4.23. The molecule has 1 saturated heterocycles. The number of carbonyl (C=O) groups excluding carboxylic acids is 2. The molecule has 7 nitrogen and oxygen atoms in total. The number of rotatable bonds is 7. The van der Waals surface area contributed by atoms with Crippen LogP contribution in [0.25, 0.3) is 0 Å². The van der Waals surface area contributed by atoms with Gasteiger partial charge in [0.15, 0.2) is 12.9 Å². The molecule has 8 heteroatoms. The van der Waals surface area contributed by atoms with Crippen LogP contribution in [0.3, 0.4) is 0 Å². The van der Waals surface area contributed by atoms with E-state index in [0.29, 0.717) is 36.4 Å². The first-order chi connectivity index (χ1) is 13.0. The number of nitrogens with zero attached hydrogens (tertiary/aromatic N) is 1. The van der Waals surface area contributed by atoms with Crippen molar-refractivity contribution in [2.24, 2.45) is 0 Å². The zero-order chi connectivity index (χ0) is 19.3. The number of aldehydes is 1. The zero-order valence-electron chi connectivity index (χ0n) is 14.6. The van der Waals surface area contributed by atoms with Gasteiger partial charge >= 0.3 is 0 Å². The fraction of sp³-hybridized carbons (Fsp3) is 0.263. The Kier molecular flexibility index (Phi) is 5.88. The number of anilines is 1. The third kappa shape index (κ3) is 4.53. The van der Waals surface area contributed by atoms with Crippen molar-refractivity contribution in [3.63, 3.8) is 0 Å². The molecule has 0 saturated carbocycles. The maximum atomic E-state index is 12.6. The van der Waals surface area contributed by atoms with Crippen LogP contribution in [0.2, 0.25) is 0 Å². The normalized spacial score (nSPS) is 14.7. The highest BCUT2D eigenvalue weighted by Crippen LogP contribution is 2.23. The largest absolute Gasteiger partial charge is 0.483 e. The Hall–Kier alpha value is -2.71. The topological polar surface area (TPSA) is 92.8 Å². The van der Waals surface area contributed by atoms with E-state index in [4.69, 9.17) is 4.74 Å². The van der Waals surface area contributed by atoms with Crippen LogP contribution >= 0.6 is 0 Å². The molecule has 1 fully saturated rings. The average Bonchev–Trinajstić information content (AvgIpc) is 3.22. The standard InChI is InChI=1S/C19H20N2O5S/c22-13-15-6-1-2-9-18(15)26-14-19(23)20-16-7-5-8-17(12-16)27(24,25)21-10-3-4-11-21/h1-2,5-9,12-13H,3-4,10-11,14H2,(H,20,23). The van der Waals surface area contributed by atoms with E-state index in [1.165, 1.54) is 16.4 Å². The Balaban J connectivity index is 1.65. The molecule has 2 aromatic rings. The summed E-state index contributed by atoms with van der Waals surface area (Å²) in [5.74, 6) is -0.139. The molecule has 0 atom stereocenters. The highest BCUT2D eigenvalue weighted by atomic mass is 32.2. The molecule has 142 valence electrons. The summed E-state index contributed by atoms with van der Waals surface area (Å²) in [6, 6.07) is 12.7. The van der Waals surface area contributed by atoms with E-state index in [2.05, 4.69) is 5.32 Å². The predicted molar refractivity (Wildman–Crippen MR) is 100 cm³/mol. The summed E-state index contributed by atoms with van der Waals surface area (Å²) >= 11 is 0. The molecule has 3 rings (SSSR count). The minimum atomic E-state index is -3.55. The first-order valence-corrected chi connectivity index (χ1v) is 10.0. The number of hydrogen-bond donors (Lipinski definition) is 1. The Bertz CT molecular complexity index is 937. The van der Waals surface area contributed by atoms with Gasteiger partial charge in [0, 0.05) is 18.8 Å². The number of nitrogens with one attached hydrogen (secondary N) is 1. The van der Waals surface area contributed by atoms with Crippen LogP contribution in [0.5, 0.6) is 5.75 Å². The summed E-state index contributed by atoms with van der Waals surface area (Å²) in [4.78, 5) is 23.2. The minimum absolute atomic E-state index is 0.148. The number of carbonyl (C=O) groups is 2. The fourth-order valence-electron chi connectivity index (χ4n) is 2.86. The van der Waals surface area contributed by atoms with Crippen LogP contribution < -0.4 is 10.1 Å². The van der Waals surface area contributed by atoms with Gasteiger partial charge in [-0.15, -0.1) is 0 Å². The Morgan fingerprint density at radius 2 is 1.85 bits per heavy atom. The van der Waals surface area contributed by atoms with E-state index in [9.17, 15) is 18.0 Å². The molecule has 27 heavy (non-hydrogen) atoms. The number of hydrogen-bond acceptors (Lipinski definition) is 5. The van der Waals surface area contributed by atoms with Gasteiger partial charge in [-0.2, -0.15) is 4.31 Å². The maximum Gasteiger partial charge on any atom is 0.262 e. The number of para-hydroxylation sites is 1. The quantitative estimate of drug-likeness (QED) is 0.735. The second-order valence-electron chi connectivity index (χ2n) is 6.13. The van der Waals surface area contributed by atoms with Crippen molar-refractivity contribution in [3.05, 3.63) is 54.1 Å². The van der Waals surface area contributed by atoms with Gasteiger partial charge in [0.1, 0.15) is 5.75 Å². The minimum Gasteiger partial charge on any atom is -0.483 e. The molecule has 0 spiro atoms. The Morgan fingerprint density at radius 3 is 2.59 bits per heavy atom. The molecule has 0 aliphatic carbocycles. The average molecular weight is 388 g/mol.